The first kappa shape index (κ1) is 19.1. The third kappa shape index (κ3) is 4.13. The third-order valence-electron chi connectivity index (χ3n) is 5.05. The van der Waals surface area contributed by atoms with Crippen LogP contribution in [0.4, 0.5) is 8.78 Å². The standard InChI is InChI=1S/C22H20F2N4O/c1-22(2)10-18-17(12-26-20(27-18)13-3-5-25-6-4-13)19(11-22)28-21(29)14-7-15(23)9-16(24)8-14/h3-9,12,19H,10-11H2,1-2H3,(H,28,29). The van der Waals surface area contributed by atoms with Gasteiger partial charge in [-0.3, -0.25) is 9.78 Å². The number of pyridine rings is 1. The molecule has 0 saturated heterocycles. The number of aromatic nitrogens is 3. The SMILES string of the molecule is CC1(C)Cc2nc(-c3ccncc3)ncc2C(NC(=O)c2cc(F)cc(F)c2)C1. The lowest BCUT2D eigenvalue weighted by Crippen LogP contribution is -2.37. The summed E-state index contributed by atoms with van der Waals surface area (Å²) in [5.41, 5.74) is 2.39. The molecule has 0 aliphatic heterocycles. The van der Waals surface area contributed by atoms with Crippen LogP contribution in [0.5, 0.6) is 0 Å². The van der Waals surface area contributed by atoms with Gasteiger partial charge in [-0.1, -0.05) is 13.8 Å². The Morgan fingerprint density at radius 1 is 1.14 bits per heavy atom. The summed E-state index contributed by atoms with van der Waals surface area (Å²) in [6.45, 7) is 4.20. The molecule has 1 atom stereocenters. The fraction of sp³-hybridized carbons (Fsp3) is 0.273. The van der Waals surface area contributed by atoms with E-state index in [9.17, 15) is 13.6 Å². The highest BCUT2D eigenvalue weighted by Gasteiger charge is 2.34. The van der Waals surface area contributed by atoms with Gasteiger partial charge in [-0.15, -0.1) is 0 Å². The number of amides is 1. The summed E-state index contributed by atoms with van der Waals surface area (Å²) in [4.78, 5) is 25.8. The molecule has 29 heavy (non-hydrogen) atoms. The Bertz CT molecular complexity index is 1050. The van der Waals surface area contributed by atoms with Gasteiger partial charge < -0.3 is 5.32 Å². The molecule has 1 aromatic carbocycles. The van der Waals surface area contributed by atoms with E-state index in [4.69, 9.17) is 4.98 Å². The second kappa shape index (κ2) is 7.31. The van der Waals surface area contributed by atoms with Crippen molar-refractivity contribution in [2.24, 2.45) is 5.41 Å². The topological polar surface area (TPSA) is 67.8 Å². The van der Waals surface area contributed by atoms with Crippen molar-refractivity contribution in [2.45, 2.75) is 32.7 Å². The average Bonchev–Trinajstić information content (AvgIpc) is 2.66. The fourth-order valence-corrected chi connectivity index (χ4v) is 3.74. The molecule has 1 aliphatic carbocycles. The van der Waals surface area contributed by atoms with Crippen LogP contribution in [0.1, 0.15) is 47.9 Å². The van der Waals surface area contributed by atoms with E-state index in [2.05, 4.69) is 29.1 Å². The molecule has 4 rings (SSSR count). The van der Waals surface area contributed by atoms with Crippen molar-refractivity contribution < 1.29 is 13.6 Å². The Morgan fingerprint density at radius 3 is 2.52 bits per heavy atom. The number of hydrogen-bond acceptors (Lipinski definition) is 4. The van der Waals surface area contributed by atoms with E-state index in [0.717, 1.165) is 41.4 Å². The van der Waals surface area contributed by atoms with Gasteiger partial charge in [0.25, 0.3) is 5.91 Å². The van der Waals surface area contributed by atoms with Gasteiger partial charge in [0, 0.05) is 41.3 Å². The lowest BCUT2D eigenvalue weighted by molar-refractivity contribution is 0.0918. The molecule has 0 fully saturated rings. The molecule has 1 aliphatic rings. The Morgan fingerprint density at radius 2 is 1.83 bits per heavy atom. The van der Waals surface area contributed by atoms with E-state index >= 15 is 0 Å². The van der Waals surface area contributed by atoms with Crippen molar-refractivity contribution in [1.29, 1.82) is 0 Å². The van der Waals surface area contributed by atoms with Crippen LogP contribution in [0.2, 0.25) is 0 Å². The zero-order valence-corrected chi connectivity index (χ0v) is 16.1. The van der Waals surface area contributed by atoms with Gasteiger partial charge in [-0.25, -0.2) is 18.7 Å². The summed E-state index contributed by atoms with van der Waals surface area (Å²) >= 11 is 0. The summed E-state index contributed by atoms with van der Waals surface area (Å²) < 4.78 is 27.0. The van der Waals surface area contributed by atoms with Crippen LogP contribution in [0.15, 0.2) is 48.9 Å². The van der Waals surface area contributed by atoms with E-state index < -0.39 is 17.5 Å². The number of benzene rings is 1. The van der Waals surface area contributed by atoms with Crippen LogP contribution in [0.25, 0.3) is 11.4 Å². The quantitative estimate of drug-likeness (QED) is 0.721. The maximum absolute atomic E-state index is 13.5. The number of rotatable bonds is 3. The second-order valence-corrected chi connectivity index (χ2v) is 8.06. The van der Waals surface area contributed by atoms with Gasteiger partial charge in [0.2, 0.25) is 0 Å². The van der Waals surface area contributed by atoms with Gasteiger partial charge in [0.15, 0.2) is 5.82 Å². The first-order valence-corrected chi connectivity index (χ1v) is 9.34. The van der Waals surface area contributed by atoms with Crippen molar-refractivity contribution in [2.75, 3.05) is 0 Å². The van der Waals surface area contributed by atoms with E-state index in [0.29, 0.717) is 12.2 Å². The Hall–Kier alpha value is -3.22. The maximum atomic E-state index is 13.5. The molecule has 2 aromatic heterocycles. The first-order valence-electron chi connectivity index (χ1n) is 9.34. The molecule has 0 saturated carbocycles. The molecule has 2 heterocycles. The Labute approximate surface area is 167 Å². The van der Waals surface area contributed by atoms with Crippen molar-refractivity contribution in [3.05, 3.63) is 77.4 Å². The molecule has 148 valence electrons. The zero-order valence-electron chi connectivity index (χ0n) is 16.1. The normalized spacial score (nSPS) is 17.4. The van der Waals surface area contributed by atoms with Gasteiger partial charge >= 0.3 is 0 Å². The lowest BCUT2D eigenvalue weighted by Gasteiger charge is -2.36. The van der Waals surface area contributed by atoms with Crippen LogP contribution in [-0.4, -0.2) is 20.9 Å². The monoisotopic (exact) mass is 394 g/mol. The van der Waals surface area contributed by atoms with Crippen LogP contribution < -0.4 is 5.32 Å². The van der Waals surface area contributed by atoms with Crippen LogP contribution in [0, 0.1) is 17.0 Å². The number of nitrogens with zero attached hydrogens (tertiary/aromatic N) is 3. The largest absolute Gasteiger partial charge is 0.345 e. The highest BCUT2D eigenvalue weighted by molar-refractivity contribution is 5.94. The van der Waals surface area contributed by atoms with Crippen LogP contribution in [0.3, 0.4) is 0 Å². The minimum absolute atomic E-state index is 0.0539. The molecule has 1 amide bonds. The van der Waals surface area contributed by atoms with Gasteiger partial charge in [0.05, 0.1) is 11.7 Å². The summed E-state index contributed by atoms with van der Waals surface area (Å²) in [6.07, 6.45) is 6.50. The van der Waals surface area contributed by atoms with Gasteiger partial charge in [-0.2, -0.15) is 0 Å². The molecule has 7 heteroatoms. The number of carbonyl (C=O) groups is 1. The molecular formula is C22H20F2N4O. The van der Waals surface area contributed by atoms with Crippen molar-refractivity contribution in [3.8, 4) is 11.4 Å². The number of carbonyl (C=O) groups excluding carboxylic acids is 1. The van der Waals surface area contributed by atoms with E-state index in [1.165, 1.54) is 0 Å². The molecule has 0 radical (unpaired) electrons. The number of fused-ring (bicyclic) bond motifs is 1. The minimum atomic E-state index is -0.787. The van der Waals surface area contributed by atoms with E-state index in [1.807, 2.05) is 12.1 Å². The first-order chi connectivity index (χ1) is 13.8. The molecule has 0 spiro atoms. The zero-order chi connectivity index (χ0) is 20.6. The molecular weight excluding hydrogens is 374 g/mol. The van der Waals surface area contributed by atoms with Crippen LogP contribution in [-0.2, 0) is 6.42 Å². The highest BCUT2D eigenvalue weighted by Crippen LogP contribution is 2.40. The summed E-state index contributed by atoms with van der Waals surface area (Å²) in [7, 11) is 0. The summed E-state index contributed by atoms with van der Waals surface area (Å²) in [5.74, 6) is -1.51. The highest BCUT2D eigenvalue weighted by atomic mass is 19.1. The molecule has 5 nitrogen and oxygen atoms in total. The number of halogens is 2. The lowest BCUT2D eigenvalue weighted by atomic mass is 9.74. The summed E-state index contributed by atoms with van der Waals surface area (Å²) in [6, 6.07) is 6.12. The predicted octanol–water partition coefficient (Wildman–Crippen LogP) is 4.26. The molecule has 0 bridgehead atoms. The molecule has 3 aromatic rings. The van der Waals surface area contributed by atoms with Gasteiger partial charge in [-0.05, 0) is 42.5 Å². The number of nitrogens with one attached hydrogen (secondary N) is 1. The minimum Gasteiger partial charge on any atom is -0.345 e. The number of hydrogen-bond donors (Lipinski definition) is 1. The average molecular weight is 394 g/mol. The smallest absolute Gasteiger partial charge is 0.251 e. The second-order valence-electron chi connectivity index (χ2n) is 8.06. The third-order valence-corrected chi connectivity index (χ3v) is 5.05. The summed E-state index contributed by atoms with van der Waals surface area (Å²) in [5, 5.41) is 2.90. The Balaban J connectivity index is 1.66. The van der Waals surface area contributed by atoms with Gasteiger partial charge in [0.1, 0.15) is 11.6 Å². The Kier molecular flexibility index (Phi) is 4.82. The van der Waals surface area contributed by atoms with Crippen LogP contribution >= 0.6 is 0 Å². The molecule has 1 unspecified atom stereocenters. The van der Waals surface area contributed by atoms with E-state index in [1.54, 1.807) is 18.6 Å². The van der Waals surface area contributed by atoms with Crippen molar-refractivity contribution >= 4 is 5.91 Å². The maximum Gasteiger partial charge on any atom is 0.251 e. The fourth-order valence-electron chi connectivity index (χ4n) is 3.74. The molecule has 1 N–H and O–H groups in total. The van der Waals surface area contributed by atoms with E-state index in [-0.39, 0.29) is 17.0 Å². The van der Waals surface area contributed by atoms with Crippen molar-refractivity contribution in [1.82, 2.24) is 20.3 Å². The van der Waals surface area contributed by atoms with Crippen molar-refractivity contribution in [3.63, 3.8) is 0 Å². The predicted molar refractivity (Wildman–Crippen MR) is 104 cm³/mol.